The molecule has 0 fully saturated rings. The van der Waals surface area contributed by atoms with Crippen molar-refractivity contribution in [2.75, 3.05) is 7.05 Å². The van der Waals surface area contributed by atoms with Crippen molar-refractivity contribution >= 4 is 24.0 Å². The van der Waals surface area contributed by atoms with E-state index in [1.807, 2.05) is 36.0 Å². The highest BCUT2D eigenvalue weighted by molar-refractivity contribution is 6.30. The zero-order valence-electron chi connectivity index (χ0n) is 16.1. The Kier molecular flexibility index (Phi) is 6.75. The quantitative estimate of drug-likeness (QED) is 0.617. The molecule has 2 aromatic heterocycles. The van der Waals surface area contributed by atoms with Crippen LogP contribution >= 0.6 is 24.0 Å². The SMILES string of the molecule is CNC(C)Cc1noc(-c2nn(-c3ccc(Cl)cc3)c3c2CCCCC3)n1.Cl. The number of likely N-dealkylation sites (N-methyl/N-ethyl adjacent to an activating group) is 1. The zero-order chi connectivity index (χ0) is 18.8. The Balaban J connectivity index is 0.00000225. The first kappa shape index (κ1) is 20.8. The molecule has 0 bridgehead atoms. The van der Waals surface area contributed by atoms with Gasteiger partial charge in [0, 0.05) is 28.7 Å². The molecule has 1 unspecified atom stereocenters. The monoisotopic (exact) mass is 421 g/mol. The molecular formula is C20H25Cl2N5O. The third-order valence-electron chi connectivity index (χ3n) is 5.15. The number of halogens is 2. The summed E-state index contributed by atoms with van der Waals surface area (Å²) in [6.07, 6.45) is 6.26. The fourth-order valence-corrected chi connectivity index (χ4v) is 3.68. The normalized spacial score (nSPS) is 14.8. The maximum absolute atomic E-state index is 6.06. The lowest BCUT2D eigenvalue weighted by molar-refractivity contribution is 0.416. The summed E-state index contributed by atoms with van der Waals surface area (Å²) in [6, 6.07) is 8.08. The Hall–Kier alpha value is -1.89. The zero-order valence-corrected chi connectivity index (χ0v) is 17.7. The third kappa shape index (κ3) is 4.24. The molecule has 3 aromatic rings. The van der Waals surface area contributed by atoms with Crippen molar-refractivity contribution in [1.29, 1.82) is 0 Å². The van der Waals surface area contributed by atoms with Crippen molar-refractivity contribution in [2.24, 2.45) is 0 Å². The van der Waals surface area contributed by atoms with Crippen LogP contribution in [0.15, 0.2) is 28.8 Å². The maximum atomic E-state index is 6.06. The smallest absolute Gasteiger partial charge is 0.278 e. The minimum atomic E-state index is 0. The van der Waals surface area contributed by atoms with Crippen molar-refractivity contribution in [1.82, 2.24) is 25.2 Å². The van der Waals surface area contributed by atoms with Gasteiger partial charge in [-0.15, -0.1) is 12.4 Å². The maximum Gasteiger partial charge on any atom is 0.278 e. The third-order valence-corrected chi connectivity index (χ3v) is 5.41. The summed E-state index contributed by atoms with van der Waals surface area (Å²) in [7, 11) is 1.93. The second-order valence-corrected chi connectivity index (χ2v) is 7.57. The van der Waals surface area contributed by atoms with Crippen LogP contribution in [-0.2, 0) is 19.3 Å². The van der Waals surface area contributed by atoms with Gasteiger partial charge >= 0.3 is 0 Å². The number of hydrogen-bond acceptors (Lipinski definition) is 5. The topological polar surface area (TPSA) is 68.8 Å². The summed E-state index contributed by atoms with van der Waals surface area (Å²) in [5.74, 6) is 1.22. The van der Waals surface area contributed by atoms with E-state index in [4.69, 9.17) is 21.2 Å². The molecule has 1 aliphatic rings. The van der Waals surface area contributed by atoms with Gasteiger partial charge < -0.3 is 9.84 Å². The van der Waals surface area contributed by atoms with Gasteiger partial charge in [0.15, 0.2) is 11.5 Å². The second-order valence-electron chi connectivity index (χ2n) is 7.13. The highest BCUT2D eigenvalue weighted by atomic mass is 35.5. The highest BCUT2D eigenvalue weighted by Gasteiger charge is 2.25. The average molecular weight is 422 g/mol. The van der Waals surface area contributed by atoms with Gasteiger partial charge in [-0.1, -0.05) is 23.2 Å². The molecule has 0 radical (unpaired) electrons. The molecule has 6 nitrogen and oxygen atoms in total. The van der Waals surface area contributed by atoms with Crippen LogP contribution in [0.3, 0.4) is 0 Å². The molecule has 1 atom stereocenters. The van der Waals surface area contributed by atoms with Crippen LogP contribution in [0.2, 0.25) is 5.02 Å². The van der Waals surface area contributed by atoms with Crippen LogP contribution < -0.4 is 5.32 Å². The van der Waals surface area contributed by atoms with Gasteiger partial charge in [0.05, 0.1) is 5.69 Å². The van der Waals surface area contributed by atoms with Gasteiger partial charge in [0.25, 0.3) is 5.89 Å². The van der Waals surface area contributed by atoms with Crippen molar-refractivity contribution in [3.05, 3.63) is 46.4 Å². The first-order valence-electron chi connectivity index (χ1n) is 9.52. The first-order valence-corrected chi connectivity index (χ1v) is 9.90. The Morgan fingerprint density at radius 2 is 1.93 bits per heavy atom. The van der Waals surface area contributed by atoms with Gasteiger partial charge in [-0.25, -0.2) is 4.68 Å². The Bertz CT molecular complexity index is 919. The van der Waals surface area contributed by atoms with Gasteiger partial charge in [0.1, 0.15) is 0 Å². The molecule has 8 heteroatoms. The predicted molar refractivity (Wildman–Crippen MR) is 113 cm³/mol. The number of aromatic nitrogens is 4. The number of hydrogen-bond donors (Lipinski definition) is 1. The Labute approximate surface area is 176 Å². The summed E-state index contributed by atoms with van der Waals surface area (Å²) in [6.45, 7) is 2.09. The fraction of sp³-hybridized carbons (Fsp3) is 0.450. The summed E-state index contributed by atoms with van der Waals surface area (Å²) in [4.78, 5) is 4.61. The van der Waals surface area contributed by atoms with Crippen LogP contribution in [0.4, 0.5) is 0 Å². The van der Waals surface area contributed by atoms with Crippen LogP contribution in [0.25, 0.3) is 17.3 Å². The molecule has 0 spiro atoms. The van der Waals surface area contributed by atoms with Crippen molar-refractivity contribution < 1.29 is 4.52 Å². The molecule has 1 aromatic carbocycles. The molecular weight excluding hydrogens is 397 g/mol. The van der Waals surface area contributed by atoms with E-state index in [2.05, 4.69) is 22.4 Å². The molecule has 0 saturated heterocycles. The summed E-state index contributed by atoms with van der Waals surface area (Å²) in [5, 5.41) is 13.0. The second kappa shape index (κ2) is 9.07. The van der Waals surface area contributed by atoms with Crippen LogP contribution in [0.5, 0.6) is 0 Å². The Morgan fingerprint density at radius 3 is 2.68 bits per heavy atom. The lowest BCUT2D eigenvalue weighted by Crippen LogP contribution is -2.24. The van der Waals surface area contributed by atoms with E-state index in [0.29, 0.717) is 17.8 Å². The van der Waals surface area contributed by atoms with E-state index < -0.39 is 0 Å². The van der Waals surface area contributed by atoms with E-state index >= 15 is 0 Å². The summed E-state index contributed by atoms with van der Waals surface area (Å²) >= 11 is 6.06. The van der Waals surface area contributed by atoms with Crippen LogP contribution in [0, 0.1) is 0 Å². The van der Waals surface area contributed by atoms with E-state index in [9.17, 15) is 0 Å². The van der Waals surface area contributed by atoms with Crippen molar-refractivity contribution in [3.8, 4) is 17.3 Å². The van der Waals surface area contributed by atoms with E-state index in [-0.39, 0.29) is 12.4 Å². The lowest BCUT2D eigenvalue weighted by Gasteiger charge is -2.07. The molecule has 1 aliphatic carbocycles. The highest BCUT2D eigenvalue weighted by Crippen LogP contribution is 2.31. The van der Waals surface area contributed by atoms with Crippen LogP contribution in [0.1, 0.15) is 43.3 Å². The molecule has 28 heavy (non-hydrogen) atoms. The standard InChI is InChI=1S/C20H24ClN5O.ClH/c1-13(22-2)12-18-23-20(27-25-18)19-16-6-4-3-5-7-17(16)26(24-19)15-10-8-14(21)9-11-15;/h8-11,13,22H,3-7,12H2,1-2H3;1H. The van der Waals surface area contributed by atoms with E-state index in [1.54, 1.807) is 0 Å². The molecule has 2 heterocycles. The molecule has 0 amide bonds. The lowest BCUT2D eigenvalue weighted by atomic mass is 10.1. The number of benzene rings is 1. The molecule has 4 rings (SSSR count). The molecule has 1 N–H and O–H groups in total. The average Bonchev–Trinajstić information content (AvgIpc) is 3.19. The molecule has 0 aliphatic heterocycles. The number of nitrogens with zero attached hydrogens (tertiary/aromatic N) is 4. The van der Waals surface area contributed by atoms with Gasteiger partial charge in [-0.3, -0.25) is 0 Å². The van der Waals surface area contributed by atoms with E-state index in [0.717, 1.165) is 42.1 Å². The number of rotatable bonds is 5. The first-order chi connectivity index (χ1) is 13.2. The largest absolute Gasteiger partial charge is 0.332 e. The minimum Gasteiger partial charge on any atom is -0.332 e. The number of fused-ring (bicyclic) bond motifs is 1. The van der Waals surface area contributed by atoms with Gasteiger partial charge in [0.2, 0.25) is 0 Å². The van der Waals surface area contributed by atoms with Gasteiger partial charge in [-0.05, 0) is 63.9 Å². The fourth-order valence-electron chi connectivity index (χ4n) is 3.55. The van der Waals surface area contributed by atoms with Gasteiger partial charge in [-0.2, -0.15) is 10.1 Å². The predicted octanol–water partition coefficient (Wildman–Crippen LogP) is 4.42. The van der Waals surface area contributed by atoms with Crippen LogP contribution in [-0.4, -0.2) is 33.0 Å². The minimum absolute atomic E-state index is 0. The Morgan fingerprint density at radius 1 is 1.18 bits per heavy atom. The molecule has 0 saturated carbocycles. The van der Waals surface area contributed by atoms with Crippen molar-refractivity contribution in [2.45, 2.75) is 51.5 Å². The molecule has 150 valence electrons. The number of nitrogens with one attached hydrogen (secondary N) is 1. The van der Waals surface area contributed by atoms with E-state index in [1.165, 1.54) is 24.1 Å². The summed E-state index contributed by atoms with van der Waals surface area (Å²) in [5.41, 5.74) is 4.30. The van der Waals surface area contributed by atoms with Crippen molar-refractivity contribution in [3.63, 3.8) is 0 Å². The summed E-state index contributed by atoms with van der Waals surface area (Å²) < 4.78 is 7.61.